The van der Waals surface area contributed by atoms with Crippen molar-refractivity contribution in [3.8, 4) is 5.75 Å². The fraction of sp³-hybridized carbons (Fsp3) is 0.478. The van der Waals surface area contributed by atoms with Gasteiger partial charge in [0, 0.05) is 43.4 Å². The average molecular weight is 439 g/mol. The maximum atomic E-state index is 10.4. The molecule has 1 fully saturated rings. The number of hydrogen-bond acceptors (Lipinski definition) is 4. The van der Waals surface area contributed by atoms with Crippen molar-refractivity contribution in [2.75, 3.05) is 44.2 Å². The molecule has 2 aromatic carbocycles. The number of aliphatic hydroxyl groups is 1. The van der Waals surface area contributed by atoms with Crippen LogP contribution in [0.1, 0.15) is 30.9 Å². The summed E-state index contributed by atoms with van der Waals surface area (Å²) in [6.07, 6.45) is -0.496. The molecule has 0 spiro atoms. The number of piperazine rings is 1. The van der Waals surface area contributed by atoms with Gasteiger partial charge in [-0.2, -0.15) is 0 Å². The second-order valence-corrected chi connectivity index (χ2v) is 8.34. The Kier molecular flexibility index (Phi) is 9.09. The van der Waals surface area contributed by atoms with Crippen LogP contribution >= 0.6 is 24.0 Å². The van der Waals surface area contributed by atoms with E-state index in [1.807, 2.05) is 24.3 Å². The molecular formula is C23H32Cl2N2O2. The zero-order valence-electron chi connectivity index (χ0n) is 17.5. The molecular weight excluding hydrogens is 407 g/mol. The van der Waals surface area contributed by atoms with Crippen LogP contribution in [0.5, 0.6) is 5.75 Å². The summed E-state index contributed by atoms with van der Waals surface area (Å²) in [6, 6.07) is 14.2. The van der Waals surface area contributed by atoms with Crippen LogP contribution in [-0.4, -0.2) is 55.4 Å². The summed E-state index contributed by atoms with van der Waals surface area (Å²) in [5, 5.41) is 11.1. The predicted molar refractivity (Wildman–Crippen MR) is 124 cm³/mol. The largest absolute Gasteiger partial charge is 0.491 e. The Bertz CT molecular complexity index is 760. The van der Waals surface area contributed by atoms with Gasteiger partial charge < -0.3 is 14.7 Å². The van der Waals surface area contributed by atoms with Crippen LogP contribution in [-0.2, 0) is 0 Å². The van der Waals surface area contributed by atoms with E-state index in [1.54, 1.807) is 0 Å². The Morgan fingerprint density at radius 2 is 1.69 bits per heavy atom. The summed E-state index contributed by atoms with van der Waals surface area (Å²) in [4.78, 5) is 4.67. The van der Waals surface area contributed by atoms with E-state index in [1.165, 1.54) is 16.8 Å². The van der Waals surface area contributed by atoms with E-state index in [-0.39, 0.29) is 12.4 Å². The molecule has 160 valence electrons. The monoisotopic (exact) mass is 438 g/mol. The fourth-order valence-electron chi connectivity index (χ4n) is 3.59. The highest BCUT2D eigenvalue weighted by Gasteiger charge is 2.21. The molecule has 0 aliphatic carbocycles. The van der Waals surface area contributed by atoms with Gasteiger partial charge in [0.2, 0.25) is 0 Å². The maximum absolute atomic E-state index is 10.4. The first-order chi connectivity index (χ1) is 13.4. The van der Waals surface area contributed by atoms with Gasteiger partial charge in [-0.25, -0.2) is 0 Å². The van der Waals surface area contributed by atoms with Gasteiger partial charge in [0.15, 0.2) is 0 Å². The standard InChI is InChI=1S/C23H31ClN2O2.ClH/c1-17(2)19-5-8-22(9-6-19)28-16-21(27)15-25-10-12-26(13-11-25)23-14-20(24)7-4-18(23)3;/h4-9,14,17,21,27H,10-13,15-16H2,1-3H3;1H. The summed E-state index contributed by atoms with van der Waals surface area (Å²) in [6.45, 7) is 11.1. The lowest BCUT2D eigenvalue weighted by atomic mass is 10.0. The number of aliphatic hydroxyl groups excluding tert-OH is 1. The SMILES string of the molecule is Cc1ccc(Cl)cc1N1CCN(CC(O)COc2ccc(C(C)C)cc2)CC1.Cl. The topological polar surface area (TPSA) is 35.9 Å². The van der Waals surface area contributed by atoms with Crippen molar-refractivity contribution in [3.63, 3.8) is 0 Å². The van der Waals surface area contributed by atoms with Crippen molar-refractivity contribution in [2.45, 2.75) is 32.8 Å². The van der Waals surface area contributed by atoms with Crippen molar-refractivity contribution in [3.05, 3.63) is 58.6 Å². The van der Waals surface area contributed by atoms with E-state index in [9.17, 15) is 5.11 Å². The number of halogens is 2. The minimum atomic E-state index is -0.496. The van der Waals surface area contributed by atoms with Crippen LogP contribution in [0.4, 0.5) is 5.69 Å². The molecule has 0 aromatic heterocycles. The Balaban J connectivity index is 0.00000300. The Morgan fingerprint density at radius 3 is 2.31 bits per heavy atom. The third-order valence-electron chi connectivity index (χ3n) is 5.34. The van der Waals surface area contributed by atoms with Gasteiger partial charge in [0.25, 0.3) is 0 Å². The van der Waals surface area contributed by atoms with Crippen molar-refractivity contribution in [1.82, 2.24) is 4.90 Å². The third kappa shape index (κ3) is 6.78. The number of benzene rings is 2. The number of nitrogens with zero attached hydrogens (tertiary/aromatic N) is 2. The number of anilines is 1. The van der Waals surface area contributed by atoms with E-state index >= 15 is 0 Å². The molecule has 6 heteroatoms. The summed E-state index contributed by atoms with van der Waals surface area (Å²) in [5.41, 5.74) is 3.75. The molecule has 0 bridgehead atoms. The van der Waals surface area contributed by atoms with Crippen molar-refractivity contribution < 1.29 is 9.84 Å². The van der Waals surface area contributed by atoms with Crippen LogP contribution in [0.2, 0.25) is 5.02 Å². The lowest BCUT2D eigenvalue weighted by Crippen LogP contribution is -2.49. The summed E-state index contributed by atoms with van der Waals surface area (Å²) in [7, 11) is 0. The zero-order valence-corrected chi connectivity index (χ0v) is 19.0. The van der Waals surface area contributed by atoms with Gasteiger partial charge in [-0.05, 0) is 48.2 Å². The smallest absolute Gasteiger partial charge is 0.119 e. The molecule has 1 aliphatic heterocycles. The Morgan fingerprint density at radius 1 is 1.03 bits per heavy atom. The number of β-amino-alcohol motifs (C(OH)–C–C–N with tert-alkyl or cyclic N) is 1. The van der Waals surface area contributed by atoms with E-state index in [0.717, 1.165) is 37.0 Å². The first-order valence-corrected chi connectivity index (χ1v) is 10.4. The maximum Gasteiger partial charge on any atom is 0.119 e. The van der Waals surface area contributed by atoms with Crippen LogP contribution < -0.4 is 9.64 Å². The lowest BCUT2D eigenvalue weighted by molar-refractivity contribution is 0.0663. The van der Waals surface area contributed by atoms with E-state index < -0.39 is 6.10 Å². The average Bonchev–Trinajstić information content (AvgIpc) is 2.69. The fourth-order valence-corrected chi connectivity index (χ4v) is 3.75. The molecule has 4 nitrogen and oxygen atoms in total. The summed E-state index contributed by atoms with van der Waals surface area (Å²) >= 11 is 6.16. The number of aryl methyl sites for hydroxylation is 1. The van der Waals surface area contributed by atoms with E-state index in [2.05, 4.69) is 48.8 Å². The lowest BCUT2D eigenvalue weighted by Gasteiger charge is -2.37. The molecule has 2 aromatic rings. The van der Waals surface area contributed by atoms with Crippen molar-refractivity contribution >= 4 is 29.7 Å². The third-order valence-corrected chi connectivity index (χ3v) is 5.58. The zero-order chi connectivity index (χ0) is 20.1. The second-order valence-electron chi connectivity index (χ2n) is 7.91. The van der Waals surface area contributed by atoms with Gasteiger partial charge in [0.1, 0.15) is 18.5 Å². The van der Waals surface area contributed by atoms with Crippen LogP contribution in [0.25, 0.3) is 0 Å². The predicted octanol–water partition coefficient (Wildman–Crippen LogP) is 4.76. The number of hydrogen-bond donors (Lipinski definition) is 1. The van der Waals surface area contributed by atoms with E-state index in [0.29, 0.717) is 19.1 Å². The van der Waals surface area contributed by atoms with Gasteiger partial charge >= 0.3 is 0 Å². The molecule has 0 amide bonds. The molecule has 1 heterocycles. The first-order valence-electron chi connectivity index (χ1n) is 10.1. The van der Waals surface area contributed by atoms with Crippen LogP contribution in [0, 0.1) is 6.92 Å². The summed E-state index contributed by atoms with van der Waals surface area (Å²) in [5.74, 6) is 1.32. The molecule has 0 saturated carbocycles. The van der Waals surface area contributed by atoms with Gasteiger partial charge in [-0.3, -0.25) is 4.90 Å². The molecule has 1 N–H and O–H groups in total. The van der Waals surface area contributed by atoms with Gasteiger partial charge in [-0.15, -0.1) is 12.4 Å². The molecule has 3 rings (SSSR count). The second kappa shape index (κ2) is 11.1. The van der Waals surface area contributed by atoms with E-state index in [4.69, 9.17) is 16.3 Å². The number of rotatable bonds is 7. The molecule has 0 radical (unpaired) electrons. The Hall–Kier alpha value is -1.46. The number of ether oxygens (including phenoxy) is 1. The van der Waals surface area contributed by atoms with Crippen LogP contribution in [0.3, 0.4) is 0 Å². The van der Waals surface area contributed by atoms with Gasteiger partial charge in [-0.1, -0.05) is 43.6 Å². The highest BCUT2D eigenvalue weighted by Crippen LogP contribution is 2.25. The molecule has 1 aliphatic rings. The minimum Gasteiger partial charge on any atom is -0.491 e. The normalized spacial score (nSPS) is 15.9. The molecule has 29 heavy (non-hydrogen) atoms. The quantitative estimate of drug-likeness (QED) is 0.675. The minimum absolute atomic E-state index is 0. The van der Waals surface area contributed by atoms with Crippen molar-refractivity contribution in [2.24, 2.45) is 0 Å². The van der Waals surface area contributed by atoms with Crippen LogP contribution in [0.15, 0.2) is 42.5 Å². The summed E-state index contributed by atoms with van der Waals surface area (Å²) < 4.78 is 5.76. The highest BCUT2D eigenvalue weighted by atomic mass is 35.5. The molecule has 1 saturated heterocycles. The van der Waals surface area contributed by atoms with Crippen molar-refractivity contribution in [1.29, 1.82) is 0 Å². The Labute approximate surface area is 185 Å². The highest BCUT2D eigenvalue weighted by molar-refractivity contribution is 6.30. The first kappa shape index (κ1) is 23.8. The van der Waals surface area contributed by atoms with Gasteiger partial charge in [0.05, 0.1) is 0 Å². The molecule has 1 unspecified atom stereocenters. The molecule has 1 atom stereocenters.